The lowest BCUT2D eigenvalue weighted by atomic mass is 10.1. The van der Waals surface area contributed by atoms with E-state index in [1.54, 1.807) is 11.1 Å². The fourth-order valence-electron chi connectivity index (χ4n) is 3.07. The van der Waals surface area contributed by atoms with Gasteiger partial charge in [0.25, 0.3) is 0 Å². The monoisotopic (exact) mass is 361 g/mol. The second-order valence-corrected chi connectivity index (χ2v) is 6.57. The molecule has 0 aliphatic carbocycles. The molecule has 138 valence electrons. The average molecular weight is 361 g/mol. The highest BCUT2D eigenvalue weighted by molar-refractivity contribution is 6.02. The molecule has 5 heteroatoms. The summed E-state index contributed by atoms with van der Waals surface area (Å²) in [5.74, 6) is -0.240. The number of hydrogen-bond acceptors (Lipinski definition) is 3. The number of benzene rings is 2. The predicted octanol–water partition coefficient (Wildman–Crippen LogP) is 4.23. The van der Waals surface area contributed by atoms with Gasteiger partial charge in [0.05, 0.1) is 11.2 Å². The van der Waals surface area contributed by atoms with Crippen LogP contribution in [-0.2, 0) is 9.59 Å². The summed E-state index contributed by atoms with van der Waals surface area (Å²) in [4.78, 5) is 30.7. The summed E-state index contributed by atoms with van der Waals surface area (Å²) in [6, 6.07) is 15.3. The molecule has 0 fully saturated rings. The molecule has 0 aliphatic rings. The number of carbonyl (C=O) groups excluding carboxylic acids is 2. The molecule has 0 saturated heterocycles. The second-order valence-electron chi connectivity index (χ2n) is 6.57. The number of rotatable bonds is 5. The Bertz CT molecular complexity index is 993. The van der Waals surface area contributed by atoms with Crippen LogP contribution >= 0.6 is 0 Å². The van der Waals surface area contributed by atoms with E-state index in [2.05, 4.69) is 10.3 Å². The summed E-state index contributed by atoms with van der Waals surface area (Å²) in [6.07, 6.45) is 1.91. The largest absolute Gasteiger partial charge is 0.326 e. The van der Waals surface area contributed by atoms with E-state index in [-0.39, 0.29) is 18.2 Å². The van der Waals surface area contributed by atoms with E-state index in [4.69, 9.17) is 0 Å². The van der Waals surface area contributed by atoms with Gasteiger partial charge in [0.1, 0.15) is 0 Å². The van der Waals surface area contributed by atoms with Gasteiger partial charge in [0, 0.05) is 37.2 Å². The third-order valence-corrected chi connectivity index (χ3v) is 4.72. The predicted molar refractivity (Wildman–Crippen MR) is 109 cm³/mol. The highest BCUT2D eigenvalue weighted by atomic mass is 16.2. The van der Waals surface area contributed by atoms with Crippen LogP contribution in [0.5, 0.6) is 0 Å². The van der Waals surface area contributed by atoms with Crippen molar-refractivity contribution < 1.29 is 9.59 Å². The topological polar surface area (TPSA) is 62.3 Å². The van der Waals surface area contributed by atoms with Crippen molar-refractivity contribution in [1.82, 2.24) is 4.98 Å². The van der Waals surface area contributed by atoms with E-state index in [0.717, 1.165) is 33.4 Å². The lowest BCUT2D eigenvalue weighted by molar-refractivity contribution is -0.117. The lowest BCUT2D eigenvalue weighted by Gasteiger charge is -2.22. The van der Waals surface area contributed by atoms with Crippen LogP contribution in [0.1, 0.15) is 24.5 Å². The van der Waals surface area contributed by atoms with Crippen LogP contribution < -0.4 is 10.2 Å². The number of fused-ring (bicyclic) bond motifs is 1. The molecule has 1 N–H and O–H groups in total. The Labute approximate surface area is 159 Å². The van der Waals surface area contributed by atoms with Gasteiger partial charge in [-0.3, -0.25) is 14.6 Å². The van der Waals surface area contributed by atoms with Crippen LogP contribution in [0.15, 0.2) is 54.7 Å². The smallest absolute Gasteiger partial charge is 0.226 e. The minimum atomic E-state index is -0.122. The number of para-hydroxylation sites is 1. The molecule has 2 amide bonds. The zero-order chi connectivity index (χ0) is 19.4. The first kappa shape index (κ1) is 18.6. The van der Waals surface area contributed by atoms with Gasteiger partial charge in [-0.25, -0.2) is 0 Å². The number of amides is 2. The fraction of sp³-hybridized carbons (Fsp3) is 0.227. The summed E-state index contributed by atoms with van der Waals surface area (Å²) < 4.78 is 0. The Kier molecular flexibility index (Phi) is 5.50. The number of hydrogen-bond donors (Lipinski definition) is 1. The van der Waals surface area contributed by atoms with Crippen molar-refractivity contribution in [3.8, 4) is 0 Å². The van der Waals surface area contributed by atoms with Crippen molar-refractivity contribution in [2.45, 2.75) is 27.2 Å². The van der Waals surface area contributed by atoms with Gasteiger partial charge in [0.15, 0.2) is 0 Å². The minimum absolute atomic E-state index is 0.118. The number of anilines is 2. The Morgan fingerprint density at radius 3 is 2.56 bits per heavy atom. The number of aromatic nitrogens is 1. The molecule has 0 radical (unpaired) electrons. The minimum Gasteiger partial charge on any atom is -0.326 e. The van der Waals surface area contributed by atoms with E-state index in [1.165, 1.54) is 6.92 Å². The fourth-order valence-corrected chi connectivity index (χ4v) is 3.07. The van der Waals surface area contributed by atoms with Crippen LogP contribution in [-0.4, -0.2) is 23.3 Å². The van der Waals surface area contributed by atoms with Gasteiger partial charge in [-0.2, -0.15) is 0 Å². The van der Waals surface area contributed by atoms with Gasteiger partial charge >= 0.3 is 0 Å². The summed E-state index contributed by atoms with van der Waals surface area (Å²) in [5, 5.41) is 3.90. The number of nitrogens with zero attached hydrogens (tertiary/aromatic N) is 2. The molecule has 0 spiro atoms. The normalized spacial score (nSPS) is 10.6. The molecule has 0 aliphatic heterocycles. The van der Waals surface area contributed by atoms with E-state index < -0.39 is 0 Å². The Morgan fingerprint density at radius 1 is 1.04 bits per heavy atom. The third-order valence-electron chi connectivity index (χ3n) is 4.72. The molecule has 0 unspecified atom stereocenters. The molecule has 1 heterocycles. The molecule has 0 atom stereocenters. The molecular formula is C22H23N3O2. The molecule has 3 aromatic rings. The van der Waals surface area contributed by atoms with Gasteiger partial charge in [-0.1, -0.05) is 30.3 Å². The second kappa shape index (κ2) is 7.99. The highest BCUT2D eigenvalue weighted by Crippen LogP contribution is 2.25. The van der Waals surface area contributed by atoms with Crippen molar-refractivity contribution in [2.24, 2.45) is 0 Å². The van der Waals surface area contributed by atoms with E-state index in [1.807, 2.05) is 62.4 Å². The van der Waals surface area contributed by atoms with Crippen molar-refractivity contribution in [3.63, 3.8) is 0 Å². The van der Waals surface area contributed by atoms with Gasteiger partial charge < -0.3 is 10.2 Å². The lowest BCUT2D eigenvalue weighted by Crippen LogP contribution is -2.32. The van der Waals surface area contributed by atoms with Crippen LogP contribution in [0.2, 0.25) is 0 Å². The van der Waals surface area contributed by atoms with E-state index in [0.29, 0.717) is 6.54 Å². The summed E-state index contributed by atoms with van der Waals surface area (Å²) in [5.41, 5.74) is 4.46. The molecule has 2 aromatic carbocycles. The van der Waals surface area contributed by atoms with E-state index in [9.17, 15) is 9.59 Å². The zero-order valence-electron chi connectivity index (χ0n) is 15.8. The number of aryl methyl sites for hydroxylation is 1. The number of nitrogens with one attached hydrogen (secondary N) is 1. The third kappa shape index (κ3) is 4.14. The van der Waals surface area contributed by atoms with Crippen LogP contribution in [0.25, 0.3) is 10.9 Å². The quantitative estimate of drug-likeness (QED) is 0.739. The van der Waals surface area contributed by atoms with E-state index >= 15 is 0 Å². The first-order valence-electron chi connectivity index (χ1n) is 8.95. The molecule has 3 rings (SSSR count). The van der Waals surface area contributed by atoms with Crippen molar-refractivity contribution in [3.05, 3.63) is 65.9 Å². The summed E-state index contributed by atoms with van der Waals surface area (Å²) in [7, 11) is 0. The number of pyridine rings is 1. The van der Waals surface area contributed by atoms with Gasteiger partial charge in [-0.15, -0.1) is 0 Å². The Balaban J connectivity index is 1.76. The maximum Gasteiger partial charge on any atom is 0.226 e. The van der Waals surface area contributed by atoms with Crippen LogP contribution in [0, 0.1) is 13.8 Å². The van der Waals surface area contributed by atoms with Gasteiger partial charge in [0.2, 0.25) is 11.8 Å². The van der Waals surface area contributed by atoms with Crippen molar-refractivity contribution in [2.75, 3.05) is 16.8 Å². The molecule has 0 bridgehead atoms. The Hall–Kier alpha value is -3.21. The summed E-state index contributed by atoms with van der Waals surface area (Å²) >= 11 is 0. The zero-order valence-corrected chi connectivity index (χ0v) is 15.8. The standard InChI is InChI=1S/C22H23N3O2/c1-15-7-4-10-19(16(15)2)24-21(27)12-14-25(17(3)26)20-11-5-8-18-9-6-13-23-22(18)20/h4-11,13H,12,14H2,1-3H3,(H,24,27). The maximum absolute atomic E-state index is 12.4. The average Bonchev–Trinajstić information content (AvgIpc) is 2.65. The first-order chi connectivity index (χ1) is 13.0. The molecule has 27 heavy (non-hydrogen) atoms. The SMILES string of the molecule is CC(=O)N(CCC(=O)Nc1cccc(C)c1C)c1cccc2cccnc12. The number of carbonyl (C=O) groups is 2. The first-order valence-corrected chi connectivity index (χ1v) is 8.95. The maximum atomic E-state index is 12.4. The van der Waals surface area contributed by atoms with Crippen LogP contribution in [0.4, 0.5) is 11.4 Å². The highest BCUT2D eigenvalue weighted by Gasteiger charge is 2.17. The molecule has 0 saturated carbocycles. The Morgan fingerprint density at radius 2 is 1.78 bits per heavy atom. The molecule has 5 nitrogen and oxygen atoms in total. The summed E-state index contributed by atoms with van der Waals surface area (Å²) in [6.45, 7) is 5.79. The van der Waals surface area contributed by atoms with Crippen LogP contribution in [0.3, 0.4) is 0 Å². The van der Waals surface area contributed by atoms with Crippen molar-refractivity contribution in [1.29, 1.82) is 0 Å². The molecular weight excluding hydrogens is 338 g/mol. The molecule has 1 aromatic heterocycles. The van der Waals surface area contributed by atoms with Gasteiger partial charge in [-0.05, 0) is 43.2 Å². The van der Waals surface area contributed by atoms with Crippen molar-refractivity contribution >= 4 is 34.1 Å².